The van der Waals surface area contributed by atoms with E-state index < -0.39 is 23.9 Å². The Balaban J connectivity index is 2.72. The van der Waals surface area contributed by atoms with E-state index >= 15 is 0 Å². The van der Waals surface area contributed by atoms with Crippen LogP contribution in [-0.4, -0.2) is 25.4 Å². The van der Waals surface area contributed by atoms with E-state index in [0.717, 1.165) is 0 Å². The Morgan fingerprint density at radius 3 is 2.29 bits per heavy atom. The Kier molecular flexibility index (Phi) is 4.64. The molecule has 3 atom stereocenters. The van der Waals surface area contributed by atoms with Crippen molar-refractivity contribution in [2.24, 2.45) is 17.3 Å². The molecular formula is C13H22F2O2. The van der Waals surface area contributed by atoms with Gasteiger partial charge in [-0.3, -0.25) is 4.79 Å². The third-order valence-electron chi connectivity index (χ3n) is 3.57. The molecule has 0 spiro atoms. The van der Waals surface area contributed by atoms with Gasteiger partial charge in [-0.15, -0.1) is 0 Å². The fraction of sp³-hybridized carbons (Fsp3) is 0.923. The summed E-state index contributed by atoms with van der Waals surface area (Å²) in [5, 5.41) is 0. The molecule has 0 amide bonds. The fourth-order valence-corrected chi connectivity index (χ4v) is 2.59. The number of halogens is 2. The van der Waals surface area contributed by atoms with Crippen molar-refractivity contribution in [2.75, 3.05) is 7.11 Å². The van der Waals surface area contributed by atoms with E-state index in [9.17, 15) is 13.6 Å². The summed E-state index contributed by atoms with van der Waals surface area (Å²) in [6.07, 6.45) is -1.34. The number of methoxy groups -OCH3 is 1. The summed E-state index contributed by atoms with van der Waals surface area (Å²) in [6.45, 7) is 5.53. The van der Waals surface area contributed by atoms with Gasteiger partial charge in [0, 0.05) is 24.4 Å². The molecule has 0 aromatic heterocycles. The number of carbonyl (C=O) groups is 1. The van der Waals surface area contributed by atoms with Gasteiger partial charge < -0.3 is 4.74 Å². The molecule has 17 heavy (non-hydrogen) atoms. The highest BCUT2D eigenvalue weighted by Gasteiger charge is 2.41. The summed E-state index contributed by atoms with van der Waals surface area (Å²) in [5.41, 5.74) is -0.447. The quantitative estimate of drug-likeness (QED) is 0.766. The van der Waals surface area contributed by atoms with Gasteiger partial charge in [0.2, 0.25) is 6.43 Å². The molecule has 0 radical (unpaired) electrons. The average molecular weight is 248 g/mol. The molecule has 4 heteroatoms. The second-order valence-corrected chi connectivity index (χ2v) is 5.90. The van der Waals surface area contributed by atoms with Crippen LogP contribution in [0, 0.1) is 17.3 Å². The summed E-state index contributed by atoms with van der Waals surface area (Å²) < 4.78 is 30.9. The molecule has 1 rings (SSSR count). The predicted octanol–water partition coefficient (Wildman–Crippen LogP) is 3.30. The number of Topliss-reactive ketones (excluding diaryl/α,β-unsaturated/α-hetero) is 1. The third kappa shape index (κ3) is 3.47. The lowest BCUT2D eigenvalue weighted by atomic mass is 9.72. The van der Waals surface area contributed by atoms with Crippen LogP contribution >= 0.6 is 0 Å². The second kappa shape index (κ2) is 5.42. The van der Waals surface area contributed by atoms with E-state index in [2.05, 4.69) is 0 Å². The lowest BCUT2D eigenvalue weighted by molar-refractivity contribution is -0.136. The number of alkyl halides is 2. The molecule has 0 heterocycles. The normalized spacial score (nSPS) is 30.6. The maximum atomic E-state index is 12.9. The first-order valence-electron chi connectivity index (χ1n) is 6.12. The first-order valence-corrected chi connectivity index (χ1v) is 6.12. The number of hydrogen-bond acceptors (Lipinski definition) is 2. The summed E-state index contributed by atoms with van der Waals surface area (Å²) in [6, 6.07) is 0. The second-order valence-electron chi connectivity index (χ2n) is 5.90. The van der Waals surface area contributed by atoms with Crippen LogP contribution in [0.1, 0.15) is 40.0 Å². The smallest absolute Gasteiger partial charge is 0.243 e. The minimum absolute atomic E-state index is 0.0951. The van der Waals surface area contributed by atoms with Crippen molar-refractivity contribution in [3.63, 3.8) is 0 Å². The maximum absolute atomic E-state index is 12.9. The van der Waals surface area contributed by atoms with Crippen molar-refractivity contribution in [1.29, 1.82) is 0 Å². The van der Waals surface area contributed by atoms with Crippen LogP contribution in [0.3, 0.4) is 0 Å². The molecule has 0 aliphatic heterocycles. The molecule has 1 fully saturated rings. The van der Waals surface area contributed by atoms with Gasteiger partial charge in [-0.05, 0) is 19.3 Å². The Labute approximate surface area is 102 Å². The number of hydrogen-bond donors (Lipinski definition) is 0. The van der Waals surface area contributed by atoms with Crippen LogP contribution in [0.25, 0.3) is 0 Å². The van der Waals surface area contributed by atoms with Crippen molar-refractivity contribution in [3.05, 3.63) is 0 Å². The number of carbonyl (C=O) groups excluding carboxylic acids is 1. The number of ether oxygens (including phenoxy) is 1. The highest BCUT2D eigenvalue weighted by molar-refractivity contribution is 5.86. The molecule has 2 nitrogen and oxygen atoms in total. The van der Waals surface area contributed by atoms with Gasteiger partial charge in [0.1, 0.15) is 5.78 Å². The summed E-state index contributed by atoms with van der Waals surface area (Å²) in [5.74, 6) is -0.942. The van der Waals surface area contributed by atoms with Crippen LogP contribution in [0.2, 0.25) is 0 Å². The van der Waals surface area contributed by atoms with E-state index in [0.29, 0.717) is 12.8 Å². The lowest BCUT2D eigenvalue weighted by Gasteiger charge is -2.36. The first kappa shape index (κ1) is 14.6. The molecule has 0 aromatic rings. The average Bonchev–Trinajstić information content (AvgIpc) is 2.25. The van der Waals surface area contributed by atoms with Gasteiger partial charge in [0.15, 0.2) is 0 Å². The highest BCUT2D eigenvalue weighted by atomic mass is 19.3. The van der Waals surface area contributed by atoms with Gasteiger partial charge in [-0.25, -0.2) is 8.78 Å². The van der Waals surface area contributed by atoms with Crippen LogP contribution in [-0.2, 0) is 9.53 Å². The molecule has 3 unspecified atom stereocenters. The molecule has 0 bridgehead atoms. The van der Waals surface area contributed by atoms with Gasteiger partial charge in [-0.1, -0.05) is 20.8 Å². The molecule has 0 N–H and O–H groups in total. The van der Waals surface area contributed by atoms with Gasteiger partial charge in [0.05, 0.1) is 6.10 Å². The van der Waals surface area contributed by atoms with Gasteiger partial charge in [0.25, 0.3) is 0 Å². The minimum atomic E-state index is -2.41. The standard InChI is InChI=1S/C13H22F2O2/c1-13(2,3)11(16)8-5-6-10(17-4)9(7-8)12(14)15/h8-10,12H,5-7H2,1-4H3. The molecule has 1 aliphatic carbocycles. The Bertz CT molecular complexity index is 271. The topological polar surface area (TPSA) is 26.3 Å². The first-order chi connectivity index (χ1) is 7.77. The molecule has 1 aliphatic rings. The highest BCUT2D eigenvalue weighted by Crippen LogP contribution is 2.38. The molecular weight excluding hydrogens is 226 g/mol. The van der Waals surface area contributed by atoms with Crippen LogP contribution in [0.5, 0.6) is 0 Å². The van der Waals surface area contributed by atoms with E-state index in [1.54, 1.807) is 0 Å². The Morgan fingerprint density at radius 2 is 1.88 bits per heavy atom. The van der Waals surface area contributed by atoms with E-state index in [-0.39, 0.29) is 18.1 Å². The van der Waals surface area contributed by atoms with Crippen molar-refractivity contribution in [3.8, 4) is 0 Å². The zero-order valence-corrected chi connectivity index (χ0v) is 11.0. The maximum Gasteiger partial charge on any atom is 0.243 e. The monoisotopic (exact) mass is 248 g/mol. The van der Waals surface area contributed by atoms with Crippen molar-refractivity contribution in [2.45, 2.75) is 52.6 Å². The van der Waals surface area contributed by atoms with Crippen LogP contribution in [0.4, 0.5) is 8.78 Å². The molecule has 100 valence electrons. The summed E-state index contributed by atoms with van der Waals surface area (Å²) in [7, 11) is 1.46. The Hall–Kier alpha value is -0.510. The van der Waals surface area contributed by atoms with E-state index in [1.165, 1.54) is 7.11 Å². The van der Waals surface area contributed by atoms with Crippen molar-refractivity contribution in [1.82, 2.24) is 0 Å². The largest absolute Gasteiger partial charge is 0.381 e. The molecule has 0 aromatic carbocycles. The van der Waals surface area contributed by atoms with E-state index in [1.807, 2.05) is 20.8 Å². The molecule has 0 saturated heterocycles. The van der Waals surface area contributed by atoms with E-state index in [4.69, 9.17) is 4.74 Å². The van der Waals surface area contributed by atoms with Crippen LogP contribution < -0.4 is 0 Å². The van der Waals surface area contributed by atoms with Crippen molar-refractivity contribution < 1.29 is 18.3 Å². The lowest BCUT2D eigenvalue weighted by Crippen LogP contribution is -2.40. The molecule has 1 saturated carbocycles. The summed E-state index contributed by atoms with van der Waals surface area (Å²) in [4.78, 5) is 12.1. The van der Waals surface area contributed by atoms with Gasteiger partial charge in [-0.2, -0.15) is 0 Å². The predicted molar refractivity (Wildman–Crippen MR) is 62.1 cm³/mol. The fourth-order valence-electron chi connectivity index (χ4n) is 2.59. The van der Waals surface area contributed by atoms with Crippen molar-refractivity contribution >= 4 is 5.78 Å². The van der Waals surface area contributed by atoms with Gasteiger partial charge >= 0.3 is 0 Å². The number of rotatable bonds is 3. The SMILES string of the molecule is COC1CCC(C(=O)C(C)(C)C)CC1C(F)F. The number of ketones is 1. The zero-order chi connectivity index (χ0) is 13.2. The van der Waals surface area contributed by atoms with Crippen LogP contribution in [0.15, 0.2) is 0 Å². The Morgan fingerprint density at radius 1 is 1.29 bits per heavy atom. The zero-order valence-electron chi connectivity index (χ0n) is 11.0. The summed E-state index contributed by atoms with van der Waals surface area (Å²) >= 11 is 0. The third-order valence-corrected chi connectivity index (χ3v) is 3.57. The minimum Gasteiger partial charge on any atom is -0.381 e.